The Morgan fingerprint density at radius 3 is 2.90 bits per heavy atom. The third-order valence-electron chi connectivity index (χ3n) is 4.39. The topological polar surface area (TPSA) is 58.6 Å². The number of hydrogen-bond donors (Lipinski definition) is 1. The molecule has 0 spiro atoms. The Bertz CT molecular complexity index is 632. The molecule has 1 aromatic carbocycles. The first kappa shape index (κ1) is 14.2. The Kier molecular flexibility index (Phi) is 3.32. The number of ether oxygens (including phenoxy) is 1. The molecule has 1 N–H and O–H groups in total. The summed E-state index contributed by atoms with van der Waals surface area (Å²) in [5, 5.41) is 3.01. The number of benzene rings is 1. The van der Waals surface area contributed by atoms with Gasteiger partial charge >= 0.3 is 6.03 Å². The van der Waals surface area contributed by atoms with Crippen LogP contribution in [0.4, 0.5) is 4.79 Å². The lowest BCUT2D eigenvalue weighted by Gasteiger charge is -2.31. The third-order valence-corrected chi connectivity index (χ3v) is 4.61. The van der Waals surface area contributed by atoms with Crippen LogP contribution in [0.3, 0.4) is 0 Å². The zero-order valence-corrected chi connectivity index (χ0v) is 12.8. The fourth-order valence-corrected chi connectivity index (χ4v) is 3.14. The molecule has 112 valence electrons. The highest BCUT2D eigenvalue weighted by Gasteiger charge is 2.48. The maximum Gasteiger partial charge on any atom is 0.325 e. The Labute approximate surface area is 128 Å². The SMILES string of the molecule is CCC1(C)C(=O)NC(=O)N1Cc1cc(Cl)cc2c1OCC2. The fraction of sp³-hybridized carbons (Fsp3) is 0.467. The van der Waals surface area contributed by atoms with Crippen molar-refractivity contribution in [3.8, 4) is 5.75 Å². The van der Waals surface area contributed by atoms with E-state index in [9.17, 15) is 9.59 Å². The van der Waals surface area contributed by atoms with Crippen LogP contribution in [0.25, 0.3) is 0 Å². The lowest BCUT2D eigenvalue weighted by atomic mass is 9.96. The molecule has 1 unspecified atom stereocenters. The van der Waals surface area contributed by atoms with Gasteiger partial charge in [-0.2, -0.15) is 0 Å². The summed E-state index contributed by atoms with van der Waals surface area (Å²) >= 11 is 6.14. The van der Waals surface area contributed by atoms with E-state index < -0.39 is 5.54 Å². The van der Waals surface area contributed by atoms with E-state index in [0.717, 1.165) is 23.3 Å². The first-order valence-corrected chi connectivity index (χ1v) is 7.40. The van der Waals surface area contributed by atoms with Crippen molar-refractivity contribution in [1.29, 1.82) is 0 Å². The van der Waals surface area contributed by atoms with Crippen molar-refractivity contribution in [2.75, 3.05) is 6.61 Å². The number of nitrogens with one attached hydrogen (secondary N) is 1. The molecule has 21 heavy (non-hydrogen) atoms. The van der Waals surface area contributed by atoms with E-state index in [2.05, 4.69) is 5.32 Å². The van der Waals surface area contributed by atoms with Gasteiger partial charge < -0.3 is 9.64 Å². The molecule has 2 aliphatic heterocycles. The number of carbonyl (C=O) groups excluding carboxylic acids is 2. The summed E-state index contributed by atoms with van der Waals surface area (Å²) in [6.45, 7) is 4.60. The number of imide groups is 1. The van der Waals surface area contributed by atoms with Gasteiger partial charge in [0.2, 0.25) is 0 Å². The highest BCUT2D eigenvalue weighted by Crippen LogP contribution is 2.36. The minimum absolute atomic E-state index is 0.255. The van der Waals surface area contributed by atoms with E-state index in [1.54, 1.807) is 17.9 Å². The lowest BCUT2D eigenvalue weighted by molar-refractivity contribution is -0.126. The molecular weight excluding hydrogens is 292 g/mol. The van der Waals surface area contributed by atoms with Crippen LogP contribution in [0.1, 0.15) is 31.4 Å². The molecule has 0 radical (unpaired) electrons. The van der Waals surface area contributed by atoms with Gasteiger partial charge in [0.25, 0.3) is 5.91 Å². The molecule has 1 fully saturated rings. The van der Waals surface area contributed by atoms with Crippen molar-refractivity contribution < 1.29 is 14.3 Å². The monoisotopic (exact) mass is 308 g/mol. The summed E-state index contributed by atoms with van der Waals surface area (Å²) in [6.07, 6.45) is 1.37. The van der Waals surface area contributed by atoms with Crippen LogP contribution in [0.15, 0.2) is 12.1 Å². The normalized spacial score (nSPS) is 24.0. The first-order chi connectivity index (χ1) is 9.95. The molecule has 0 bridgehead atoms. The molecular formula is C15H17ClN2O3. The molecule has 2 aliphatic rings. The number of urea groups is 1. The molecule has 1 saturated heterocycles. The number of carbonyl (C=O) groups is 2. The van der Waals surface area contributed by atoms with Crippen molar-refractivity contribution in [1.82, 2.24) is 10.2 Å². The molecule has 3 rings (SSSR count). The van der Waals surface area contributed by atoms with E-state index >= 15 is 0 Å². The number of halogens is 1. The smallest absolute Gasteiger partial charge is 0.325 e. The Balaban J connectivity index is 1.97. The zero-order chi connectivity index (χ0) is 15.2. The molecule has 3 amide bonds. The summed E-state index contributed by atoms with van der Waals surface area (Å²) in [4.78, 5) is 25.6. The predicted molar refractivity (Wildman–Crippen MR) is 78.4 cm³/mol. The summed E-state index contributed by atoms with van der Waals surface area (Å²) in [5.74, 6) is 0.541. The maximum atomic E-state index is 12.1. The predicted octanol–water partition coefficient (Wildman–Crippen LogP) is 2.50. The summed E-state index contributed by atoms with van der Waals surface area (Å²) in [7, 11) is 0. The molecule has 0 saturated carbocycles. The maximum absolute atomic E-state index is 12.1. The van der Waals surface area contributed by atoms with Gasteiger partial charge in [-0.25, -0.2) is 4.79 Å². The van der Waals surface area contributed by atoms with E-state index in [0.29, 0.717) is 24.6 Å². The van der Waals surface area contributed by atoms with Gasteiger partial charge in [0.1, 0.15) is 11.3 Å². The van der Waals surface area contributed by atoms with Gasteiger partial charge in [-0.1, -0.05) is 18.5 Å². The Morgan fingerprint density at radius 1 is 1.43 bits per heavy atom. The molecule has 0 aromatic heterocycles. The van der Waals surface area contributed by atoms with Gasteiger partial charge in [-0.3, -0.25) is 10.1 Å². The number of amides is 3. The summed E-state index contributed by atoms with van der Waals surface area (Å²) in [6, 6.07) is 3.33. The highest BCUT2D eigenvalue weighted by atomic mass is 35.5. The number of rotatable bonds is 3. The van der Waals surface area contributed by atoms with Crippen molar-refractivity contribution in [3.63, 3.8) is 0 Å². The van der Waals surface area contributed by atoms with Crippen LogP contribution < -0.4 is 10.1 Å². The highest BCUT2D eigenvalue weighted by molar-refractivity contribution is 6.30. The summed E-state index contributed by atoms with van der Waals surface area (Å²) in [5.41, 5.74) is 1.08. The molecule has 6 heteroatoms. The average Bonchev–Trinajstić information content (AvgIpc) is 2.98. The molecule has 5 nitrogen and oxygen atoms in total. The molecule has 1 atom stereocenters. The quantitative estimate of drug-likeness (QED) is 0.873. The second-order valence-corrected chi connectivity index (χ2v) is 6.06. The number of hydrogen-bond acceptors (Lipinski definition) is 3. The van der Waals surface area contributed by atoms with Crippen LogP contribution >= 0.6 is 11.6 Å². The number of fused-ring (bicyclic) bond motifs is 1. The first-order valence-electron chi connectivity index (χ1n) is 7.03. The Hall–Kier alpha value is -1.75. The van der Waals surface area contributed by atoms with Crippen molar-refractivity contribution in [2.24, 2.45) is 0 Å². The van der Waals surface area contributed by atoms with Gasteiger partial charge in [-0.15, -0.1) is 0 Å². The van der Waals surface area contributed by atoms with Gasteiger partial charge in [0.05, 0.1) is 13.2 Å². The molecule has 2 heterocycles. The van der Waals surface area contributed by atoms with Crippen LogP contribution in [0.5, 0.6) is 5.75 Å². The standard InChI is InChI=1S/C15H17ClN2O3/c1-3-15(2)13(19)17-14(20)18(15)8-10-7-11(16)6-9-4-5-21-12(9)10/h6-7H,3-5,8H2,1-2H3,(H,17,19,20). The van der Waals surface area contributed by atoms with Crippen LogP contribution in [-0.2, 0) is 17.8 Å². The largest absolute Gasteiger partial charge is 0.493 e. The minimum Gasteiger partial charge on any atom is -0.493 e. The molecule has 0 aliphatic carbocycles. The lowest BCUT2D eigenvalue weighted by Crippen LogP contribution is -2.46. The van der Waals surface area contributed by atoms with Crippen molar-refractivity contribution in [2.45, 2.75) is 38.8 Å². The number of nitrogens with zero attached hydrogens (tertiary/aromatic N) is 1. The van der Waals surface area contributed by atoms with Gasteiger partial charge in [0.15, 0.2) is 0 Å². The van der Waals surface area contributed by atoms with E-state index in [-0.39, 0.29) is 11.9 Å². The van der Waals surface area contributed by atoms with Crippen LogP contribution in [0.2, 0.25) is 5.02 Å². The van der Waals surface area contributed by atoms with Crippen LogP contribution in [0, 0.1) is 0 Å². The third kappa shape index (κ3) is 2.16. The minimum atomic E-state index is -0.828. The van der Waals surface area contributed by atoms with E-state index in [1.807, 2.05) is 13.0 Å². The average molecular weight is 309 g/mol. The second kappa shape index (κ2) is 4.91. The fourth-order valence-electron chi connectivity index (χ4n) is 2.88. The Morgan fingerprint density at radius 2 is 2.19 bits per heavy atom. The molecule has 1 aromatic rings. The van der Waals surface area contributed by atoms with Gasteiger partial charge in [-0.05, 0) is 31.0 Å². The van der Waals surface area contributed by atoms with Crippen molar-refractivity contribution in [3.05, 3.63) is 28.3 Å². The second-order valence-electron chi connectivity index (χ2n) is 5.62. The van der Waals surface area contributed by atoms with Gasteiger partial charge in [0, 0.05) is 17.0 Å². The van der Waals surface area contributed by atoms with E-state index in [1.165, 1.54) is 0 Å². The summed E-state index contributed by atoms with van der Waals surface area (Å²) < 4.78 is 5.66. The van der Waals surface area contributed by atoms with Crippen molar-refractivity contribution >= 4 is 23.5 Å². The van der Waals surface area contributed by atoms with Crippen LogP contribution in [-0.4, -0.2) is 29.0 Å². The van der Waals surface area contributed by atoms with E-state index in [4.69, 9.17) is 16.3 Å². The zero-order valence-electron chi connectivity index (χ0n) is 12.0.